The van der Waals surface area contributed by atoms with Crippen LogP contribution in [0, 0.1) is 0 Å². The molecule has 3 heteroatoms. The van der Waals surface area contributed by atoms with E-state index in [1.54, 1.807) is 0 Å². The molecular weight excluding hydrogens is 263 g/mol. The number of rotatable bonds is 0. The quantitative estimate of drug-likeness (QED) is 0.661. The molecule has 1 aliphatic rings. The van der Waals surface area contributed by atoms with Gasteiger partial charge < -0.3 is 0 Å². The molecule has 0 aromatic heterocycles. The summed E-state index contributed by atoms with van der Waals surface area (Å²) in [5.74, 6) is 0.341. The summed E-state index contributed by atoms with van der Waals surface area (Å²) < 4.78 is 0.996. The van der Waals surface area contributed by atoms with E-state index in [0.29, 0.717) is 18.6 Å². The predicted octanol–water partition coefficient (Wildman–Crippen LogP) is 3.55. The Morgan fingerprint density at radius 2 is 1.86 bits per heavy atom. The van der Waals surface area contributed by atoms with Crippen LogP contribution >= 0.6 is 27.5 Å². The second-order valence-corrected chi connectivity index (χ2v) is 4.89. The third kappa shape index (κ3) is 2.01. The number of aryl methyl sites for hydroxylation is 1. The van der Waals surface area contributed by atoms with Crippen molar-refractivity contribution in [2.24, 2.45) is 0 Å². The Hall–Kier alpha value is -0.340. The van der Waals surface area contributed by atoms with Gasteiger partial charge in [0, 0.05) is 22.3 Å². The van der Waals surface area contributed by atoms with Crippen LogP contribution in [0.3, 0.4) is 0 Å². The highest BCUT2D eigenvalue weighted by Gasteiger charge is 2.15. The Kier molecular flexibility index (Phi) is 2.93. The van der Waals surface area contributed by atoms with Gasteiger partial charge in [-0.25, -0.2) is 0 Å². The van der Waals surface area contributed by atoms with E-state index in [4.69, 9.17) is 11.6 Å². The van der Waals surface area contributed by atoms with Gasteiger partial charge in [-0.05, 0) is 36.1 Å². The summed E-state index contributed by atoms with van der Waals surface area (Å²) in [7, 11) is 0. The van der Waals surface area contributed by atoms with E-state index in [2.05, 4.69) is 22.0 Å². The third-order valence-electron chi connectivity index (χ3n) is 2.58. The highest BCUT2D eigenvalue weighted by molar-refractivity contribution is 9.10. The molecule has 0 radical (unpaired) electrons. The molecular formula is C11H10BrClO. The summed E-state index contributed by atoms with van der Waals surface area (Å²) in [5.41, 5.74) is 2.37. The first-order valence-electron chi connectivity index (χ1n) is 4.65. The van der Waals surface area contributed by atoms with Gasteiger partial charge in [0.05, 0.1) is 0 Å². The number of hydrogen-bond donors (Lipinski definition) is 0. The lowest BCUT2D eigenvalue weighted by atomic mass is 10.0. The third-order valence-corrected chi connectivity index (χ3v) is 3.37. The van der Waals surface area contributed by atoms with E-state index in [0.717, 1.165) is 27.9 Å². The first-order valence-corrected chi connectivity index (χ1v) is 5.82. The number of benzene rings is 1. The summed E-state index contributed by atoms with van der Waals surface area (Å²) in [6.07, 6.45) is 2.90. The van der Waals surface area contributed by atoms with Crippen LogP contribution in [0.25, 0.3) is 0 Å². The maximum atomic E-state index is 11.3. The van der Waals surface area contributed by atoms with Crippen LogP contribution < -0.4 is 0 Å². The Bertz CT molecular complexity index is 387. The molecule has 0 amide bonds. The minimum Gasteiger partial charge on any atom is -0.300 e. The average Bonchev–Trinajstić information content (AvgIpc) is 2.28. The van der Waals surface area contributed by atoms with Crippen molar-refractivity contribution in [1.82, 2.24) is 0 Å². The molecule has 0 saturated carbocycles. The number of ketones is 1. The highest BCUT2D eigenvalue weighted by Crippen LogP contribution is 2.29. The van der Waals surface area contributed by atoms with Crippen molar-refractivity contribution in [2.75, 3.05) is 0 Å². The fourth-order valence-electron chi connectivity index (χ4n) is 1.82. The number of Topliss-reactive ketones (excluding diaryl/α,β-unsaturated/α-hetero) is 1. The normalized spacial score (nSPS) is 16.3. The van der Waals surface area contributed by atoms with Crippen molar-refractivity contribution in [1.29, 1.82) is 0 Å². The molecule has 2 rings (SSSR count). The summed E-state index contributed by atoms with van der Waals surface area (Å²) >= 11 is 9.54. The van der Waals surface area contributed by atoms with Crippen molar-refractivity contribution in [3.63, 3.8) is 0 Å². The number of carbonyl (C=O) groups is 1. The topological polar surface area (TPSA) is 17.1 Å². The molecule has 0 saturated heterocycles. The molecule has 0 N–H and O–H groups in total. The molecule has 0 heterocycles. The number of carbonyl (C=O) groups excluding carboxylic acids is 1. The first-order chi connectivity index (χ1) is 6.66. The molecule has 1 aliphatic carbocycles. The van der Waals surface area contributed by atoms with Crippen LogP contribution in [0.2, 0.25) is 5.02 Å². The largest absolute Gasteiger partial charge is 0.300 e. The SMILES string of the molecule is O=C1CCc2cc(Br)cc(Cl)c2CC1. The van der Waals surface area contributed by atoms with Gasteiger partial charge >= 0.3 is 0 Å². The van der Waals surface area contributed by atoms with Crippen LogP contribution in [-0.4, -0.2) is 5.78 Å². The van der Waals surface area contributed by atoms with Crippen molar-refractivity contribution in [3.05, 3.63) is 32.8 Å². The van der Waals surface area contributed by atoms with Crippen LogP contribution in [0.1, 0.15) is 24.0 Å². The first kappa shape index (κ1) is 10.2. The maximum absolute atomic E-state index is 11.3. The van der Waals surface area contributed by atoms with Gasteiger partial charge in [0.2, 0.25) is 0 Å². The molecule has 74 valence electrons. The molecule has 0 spiro atoms. The summed E-state index contributed by atoms with van der Waals surface area (Å²) in [6, 6.07) is 3.97. The molecule has 1 nitrogen and oxygen atoms in total. The van der Waals surface area contributed by atoms with E-state index in [1.165, 1.54) is 5.56 Å². The van der Waals surface area contributed by atoms with Gasteiger partial charge in [-0.1, -0.05) is 27.5 Å². The fraction of sp³-hybridized carbons (Fsp3) is 0.364. The van der Waals surface area contributed by atoms with E-state index < -0.39 is 0 Å². The van der Waals surface area contributed by atoms with E-state index >= 15 is 0 Å². The van der Waals surface area contributed by atoms with Gasteiger partial charge in [0.25, 0.3) is 0 Å². The second kappa shape index (κ2) is 4.03. The van der Waals surface area contributed by atoms with Gasteiger partial charge in [0.15, 0.2) is 0 Å². The zero-order chi connectivity index (χ0) is 10.1. The zero-order valence-electron chi connectivity index (χ0n) is 7.65. The standard InChI is InChI=1S/C11H10BrClO/c12-8-5-7-1-2-9(14)3-4-10(7)11(13)6-8/h5-6H,1-4H2. The van der Waals surface area contributed by atoms with Crippen LogP contribution in [0.4, 0.5) is 0 Å². The summed E-state index contributed by atoms with van der Waals surface area (Å²) in [6.45, 7) is 0. The van der Waals surface area contributed by atoms with Crippen LogP contribution in [-0.2, 0) is 17.6 Å². The fourth-order valence-corrected chi connectivity index (χ4v) is 2.79. The highest BCUT2D eigenvalue weighted by atomic mass is 79.9. The Labute approximate surface area is 96.6 Å². The maximum Gasteiger partial charge on any atom is 0.133 e. The molecule has 0 unspecified atom stereocenters. The zero-order valence-corrected chi connectivity index (χ0v) is 9.99. The number of halogens is 2. The molecule has 0 atom stereocenters. The van der Waals surface area contributed by atoms with Crippen LogP contribution in [0.15, 0.2) is 16.6 Å². The van der Waals surface area contributed by atoms with Crippen molar-refractivity contribution in [2.45, 2.75) is 25.7 Å². The van der Waals surface area contributed by atoms with Crippen LogP contribution in [0.5, 0.6) is 0 Å². The number of hydrogen-bond acceptors (Lipinski definition) is 1. The van der Waals surface area contributed by atoms with E-state index in [9.17, 15) is 4.79 Å². The molecule has 0 aliphatic heterocycles. The van der Waals surface area contributed by atoms with Gasteiger partial charge in [-0.3, -0.25) is 4.79 Å². The van der Waals surface area contributed by atoms with E-state index in [1.807, 2.05) is 6.07 Å². The molecule has 0 bridgehead atoms. The monoisotopic (exact) mass is 272 g/mol. The lowest BCUT2D eigenvalue weighted by molar-refractivity contribution is -0.118. The second-order valence-electron chi connectivity index (χ2n) is 3.56. The van der Waals surface area contributed by atoms with E-state index in [-0.39, 0.29) is 0 Å². The number of fused-ring (bicyclic) bond motifs is 1. The molecule has 0 fully saturated rings. The van der Waals surface area contributed by atoms with Crippen molar-refractivity contribution in [3.8, 4) is 0 Å². The minimum atomic E-state index is 0.341. The minimum absolute atomic E-state index is 0.341. The Morgan fingerprint density at radius 3 is 2.64 bits per heavy atom. The van der Waals surface area contributed by atoms with Crippen molar-refractivity contribution < 1.29 is 4.79 Å². The molecule has 14 heavy (non-hydrogen) atoms. The van der Waals surface area contributed by atoms with Crippen molar-refractivity contribution >= 4 is 33.3 Å². The summed E-state index contributed by atoms with van der Waals surface area (Å²) in [4.78, 5) is 11.3. The average molecular weight is 274 g/mol. The Balaban J connectivity index is 2.45. The lowest BCUT2D eigenvalue weighted by Crippen LogP contribution is -1.95. The van der Waals surface area contributed by atoms with Gasteiger partial charge in [-0.15, -0.1) is 0 Å². The molecule has 1 aromatic rings. The predicted molar refractivity (Wildman–Crippen MR) is 60.8 cm³/mol. The van der Waals surface area contributed by atoms with Gasteiger partial charge in [-0.2, -0.15) is 0 Å². The summed E-state index contributed by atoms with van der Waals surface area (Å²) in [5, 5.41) is 0.782. The Morgan fingerprint density at radius 1 is 1.14 bits per heavy atom. The smallest absolute Gasteiger partial charge is 0.133 e. The lowest BCUT2D eigenvalue weighted by Gasteiger charge is -2.07. The van der Waals surface area contributed by atoms with Gasteiger partial charge in [0.1, 0.15) is 5.78 Å². The molecule has 1 aromatic carbocycles.